The number of ether oxygens (including phenoxy) is 4. The van der Waals surface area contributed by atoms with Gasteiger partial charge in [-0.1, -0.05) is 30.3 Å². The minimum Gasteiger partial charge on any atom is -0.479 e. The summed E-state index contributed by atoms with van der Waals surface area (Å²) in [6.07, 6.45) is -5.65. The Labute approximate surface area is 279 Å². The lowest BCUT2D eigenvalue weighted by Gasteiger charge is -2.28. The lowest BCUT2D eigenvalue weighted by atomic mass is 9.94. The number of amides is 2. The highest BCUT2D eigenvalue weighted by Gasteiger charge is 2.51. The van der Waals surface area contributed by atoms with Crippen molar-refractivity contribution in [2.75, 3.05) is 11.5 Å². The molecular formula is C30H37ClN6O11. The molecule has 0 saturated carbocycles. The molecule has 260 valence electrons. The zero-order chi connectivity index (χ0) is 35.8. The van der Waals surface area contributed by atoms with Crippen LogP contribution < -0.4 is 10.6 Å². The van der Waals surface area contributed by atoms with Gasteiger partial charge in [-0.25, -0.2) is 24.2 Å². The van der Waals surface area contributed by atoms with E-state index in [0.29, 0.717) is 10.5 Å². The molecule has 0 aliphatic carbocycles. The summed E-state index contributed by atoms with van der Waals surface area (Å²) in [5.74, 6) is -3.90. The number of carbonyl (C=O) groups is 4. The van der Waals surface area contributed by atoms with E-state index < -0.39 is 83.7 Å². The zero-order valence-corrected chi connectivity index (χ0v) is 27.7. The normalized spacial score (nSPS) is 20.0. The molecule has 0 radical (unpaired) electrons. The van der Waals surface area contributed by atoms with E-state index in [0.717, 1.165) is 0 Å². The molecule has 1 fully saturated rings. The van der Waals surface area contributed by atoms with Gasteiger partial charge in [0.2, 0.25) is 5.28 Å². The van der Waals surface area contributed by atoms with E-state index in [1.807, 2.05) is 0 Å². The Hall–Kier alpha value is -4.42. The van der Waals surface area contributed by atoms with Gasteiger partial charge in [0.1, 0.15) is 23.4 Å². The highest BCUT2D eigenvalue weighted by Crippen LogP contribution is 2.35. The van der Waals surface area contributed by atoms with E-state index in [1.165, 1.54) is 10.9 Å². The Morgan fingerprint density at radius 2 is 1.54 bits per heavy atom. The molecule has 2 aromatic heterocycles. The largest absolute Gasteiger partial charge is 0.479 e. The van der Waals surface area contributed by atoms with Crippen LogP contribution in [0.3, 0.4) is 0 Å². The molecule has 0 unspecified atom stereocenters. The molecule has 1 aliphatic rings. The predicted octanol–water partition coefficient (Wildman–Crippen LogP) is 2.91. The minimum atomic E-state index is -2.71. The number of rotatable bonds is 9. The fourth-order valence-corrected chi connectivity index (χ4v) is 4.92. The van der Waals surface area contributed by atoms with Gasteiger partial charge in [-0.3, -0.25) is 4.57 Å². The van der Waals surface area contributed by atoms with Crippen LogP contribution in [0.4, 0.5) is 15.4 Å². The van der Waals surface area contributed by atoms with E-state index in [9.17, 15) is 34.5 Å². The number of carbonyl (C=O) groups excluding carboxylic acids is 2. The van der Waals surface area contributed by atoms with E-state index >= 15 is 0 Å². The van der Waals surface area contributed by atoms with Gasteiger partial charge in [-0.15, -0.1) is 0 Å². The number of hydrogen-bond acceptors (Lipinski definition) is 13. The van der Waals surface area contributed by atoms with E-state index in [1.54, 1.807) is 71.9 Å². The van der Waals surface area contributed by atoms with Gasteiger partial charge in [0, 0.05) is 6.42 Å². The van der Waals surface area contributed by atoms with Crippen molar-refractivity contribution in [1.82, 2.24) is 19.5 Å². The number of nitrogens with two attached hydrogens (primary N) is 1. The first-order valence-electron chi connectivity index (χ1n) is 14.6. The monoisotopic (exact) mass is 692 g/mol. The second-order valence-electron chi connectivity index (χ2n) is 13.0. The summed E-state index contributed by atoms with van der Waals surface area (Å²) in [6.45, 7) is 8.89. The third-order valence-corrected chi connectivity index (χ3v) is 7.08. The Bertz CT molecular complexity index is 1650. The number of carboxylic acids is 2. The van der Waals surface area contributed by atoms with Gasteiger partial charge in [0.15, 0.2) is 23.2 Å². The number of imide groups is 1. The quantitative estimate of drug-likeness (QED) is 0.186. The number of fused-ring (bicyclic) bond motifs is 1. The summed E-state index contributed by atoms with van der Waals surface area (Å²) in [5, 5.41) is 30.4. The molecule has 18 heteroatoms. The summed E-state index contributed by atoms with van der Waals surface area (Å²) in [6, 6.07) is 6.82. The lowest BCUT2D eigenvalue weighted by molar-refractivity contribution is -0.190. The van der Waals surface area contributed by atoms with Crippen LogP contribution in [0.5, 0.6) is 0 Å². The van der Waals surface area contributed by atoms with E-state index in [2.05, 4.69) is 15.0 Å². The topological polar surface area (TPSA) is 239 Å². The Morgan fingerprint density at radius 1 is 0.979 bits per heavy atom. The maximum Gasteiger partial charge on any atom is 0.425 e. The minimum absolute atomic E-state index is 0.0779. The second-order valence-corrected chi connectivity index (χ2v) is 13.3. The average Bonchev–Trinajstić information content (AvgIpc) is 3.49. The van der Waals surface area contributed by atoms with Crippen LogP contribution in [0.1, 0.15) is 53.3 Å². The van der Waals surface area contributed by atoms with Crippen molar-refractivity contribution in [3.63, 3.8) is 0 Å². The van der Waals surface area contributed by atoms with Crippen molar-refractivity contribution >= 4 is 52.7 Å². The van der Waals surface area contributed by atoms with Crippen LogP contribution in [0.25, 0.3) is 11.2 Å². The smallest absolute Gasteiger partial charge is 0.425 e. The molecule has 4 rings (SSSR count). The zero-order valence-electron chi connectivity index (χ0n) is 27.0. The van der Waals surface area contributed by atoms with Gasteiger partial charge in [0.25, 0.3) is 5.60 Å². The van der Waals surface area contributed by atoms with Crippen LogP contribution >= 0.6 is 11.6 Å². The van der Waals surface area contributed by atoms with Crippen molar-refractivity contribution < 1.29 is 53.4 Å². The average molecular weight is 693 g/mol. The number of hydrogen-bond donors (Lipinski definition) is 4. The number of aliphatic hydroxyl groups excluding tert-OH is 1. The number of imidazole rings is 1. The van der Waals surface area contributed by atoms with E-state index in [-0.39, 0.29) is 17.0 Å². The van der Waals surface area contributed by atoms with Crippen molar-refractivity contribution in [2.45, 2.75) is 89.2 Å². The Morgan fingerprint density at radius 3 is 2.06 bits per heavy atom. The van der Waals surface area contributed by atoms with Crippen LogP contribution in [0.2, 0.25) is 5.28 Å². The number of halogens is 1. The van der Waals surface area contributed by atoms with Gasteiger partial charge >= 0.3 is 24.1 Å². The molecule has 0 bridgehead atoms. The molecule has 2 amide bonds. The fourth-order valence-electron chi connectivity index (χ4n) is 4.76. The first kappa shape index (κ1) is 36.4. The van der Waals surface area contributed by atoms with Crippen LogP contribution in [0, 0.1) is 0 Å². The molecule has 4 atom stereocenters. The van der Waals surface area contributed by atoms with Crippen LogP contribution in [-0.4, -0.2) is 101 Å². The molecule has 5 N–H and O–H groups in total. The van der Waals surface area contributed by atoms with Gasteiger partial charge < -0.3 is 40.0 Å². The summed E-state index contributed by atoms with van der Waals surface area (Å²) in [7, 11) is 0. The summed E-state index contributed by atoms with van der Waals surface area (Å²) < 4.78 is 23.6. The third kappa shape index (κ3) is 7.82. The van der Waals surface area contributed by atoms with Gasteiger partial charge in [0.05, 0.1) is 19.0 Å². The predicted molar refractivity (Wildman–Crippen MR) is 167 cm³/mol. The number of aromatic nitrogens is 4. The number of aliphatic hydroxyl groups is 1. The number of nitrogens with zero attached hydrogens (tertiary/aromatic N) is 5. The van der Waals surface area contributed by atoms with Gasteiger partial charge in [-0.05, 0) is 58.7 Å². The molecular weight excluding hydrogens is 656 g/mol. The molecule has 0 spiro atoms. The van der Waals surface area contributed by atoms with Crippen molar-refractivity contribution in [3.05, 3.63) is 47.5 Å². The molecule has 48 heavy (non-hydrogen) atoms. The molecule has 3 aromatic rings. The lowest BCUT2D eigenvalue weighted by Crippen LogP contribution is -2.53. The van der Waals surface area contributed by atoms with Crippen molar-refractivity contribution in [3.8, 4) is 0 Å². The molecule has 1 aliphatic heterocycles. The van der Waals surface area contributed by atoms with Crippen molar-refractivity contribution in [1.29, 1.82) is 0 Å². The van der Waals surface area contributed by atoms with E-state index in [4.69, 9.17) is 36.3 Å². The molecule has 17 nitrogen and oxygen atoms in total. The number of aliphatic carboxylic acids is 2. The summed E-state index contributed by atoms with van der Waals surface area (Å²) in [4.78, 5) is 64.1. The first-order chi connectivity index (χ1) is 22.2. The Balaban J connectivity index is 1.68. The first-order valence-corrected chi connectivity index (χ1v) is 15.0. The number of carboxylic acid groups (broad SMARTS) is 2. The van der Waals surface area contributed by atoms with Crippen molar-refractivity contribution in [2.24, 2.45) is 5.73 Å². The SMILES string of the molecule is CC(C)(C)OC(=O)N(C(=O)OC(C)(C)C)c1nc(Cl)nc2c1ncn2[C@@H]1O[C@H](COC(Cc2ccccc2)(C(=O)O)C(=O)O)[C@@H](O)[C@H]1N. The third-order valence-electron chi connectivity index (χ3n) is 6.91. The number of benzene rings is 1. The van der Waals surface area contributed by atoms with Gasteiger partial charge in [-0.2, -0.15) is 14.9 Å². The summed E-state index contributed by atoms with van der Waals surface area (Å²) >= 11 is 6.25. The number of anilines is 1. The van der Waals surface area contributed by atoms with Crippen LogP contribution in [-0.2, 0) is 35.0 Å². The maximum absolute atomic E-state index is 13.3. The molecule has 3 heterocycles. The molecule has 1 saturated heterocycles. The maximum atomic E-state index is 13.3. The Kier molecular flexibility index (Phi) is 10.3. The highest BCUT2D eigenvalue weighted by molar-refractivity contribution is 6.29. The van der Waals surface area contributed by atoms with Crippen LogP contribution in [0.15, 0.2) is 36.7 Å². The second kappa shape index (κ2) is 13.6. The fraction of sp³-hybridized carbons (Fsp3) is 0.500. The highest BCUT2D eigenvalue weighted by atomic mass is 35.5. The summed E-state index contributed by atoms with van der Waals surface area (Å²) in [5.41, 5.74) is 1.72. The molecule has 1 aromatic carbocycles. The standard InChI is InChI=1S/C30H37ClN6O11/c1-28(2,3)47-26(43)37(27(44)48-29(4,5)6)21-18-20(34-25(31)35-21)36(14-33-18)22-17(32)19(38)16(46-22)13-45-30(23(39)40,24(41)42)12-15-10-8-7-9-11-15/h7-11,14,16-17,19,22,38H,12-13,32H2,1-6H3,(H,39,40)(H,41,42)/t16-,17-,19-,22-/m1/s1.